The third-order valence-corrected chi connectivity index (χ3v) is 5.27. The molecule has 0 radical (unpaired) electrons. The maximum Gasteiger partial charge on any atom is 0.254 e. The van der Waals surface area contributed by atoms with Crippen LogP contribution in [-0.2, 0) is 22.5 Å². The summed E-state index contributed by atoms with van der Waals surface area (Å²) in [6.45, 7) is 2.03. The van der Waals surface area contributed by atoms with Crippen molar-refractivity contribution in [3.63, 3.8) is 0 Å². The molecule has 0 aliphatic rings. The Kier molecular flexibility index (Phi) is 9.25. The van der Waals surface area contributed by atoms with Crippen LogP contribution in [0.4, 0.5) is 8.78 Å². The van der Waals surface area contributed by atoms with Crippen LogP contribution in [0.5, 0.6) is 5.75 Å². The second-order valence-corrected chi connectivity index (χ2v) is 7.74. The van der Waals surface area contributed by atoms with Gasteiger partial charge in [0.25, 0.3) is 5.91 Å². The molecule has 3 aromatic rings. The van der Waals surface area contributed by atoms with Gasteiger partial charge in [-0.1, -0.05) is 24.3 Å². The first-order valence-electron chi connectivity index (χ1n) is 11.2. The second kappa shape index (κ2) is 12.6. The van der Waals surface area contributed by atoms with Crippen molar-refractivity contribution in [3.05, 3.63) is 94.8 Å². The normalized spacial score (nSPS) is 11.6. The summed E-state index contributed by atoms with van der Waals surface area (Å²) < 4.78 is 40.9. The van der Waals surface area contributed by atoms with Gasteiger partial charge in [-0.15, -0.1) is 0 Å². The standard InChI is InChI=1S/C26H28F2N4O3/c1-2-34-24(26(33)32-16-18-5-7-19(8-6-18)25(29)30)22-20(27)9-10-21(23(22)28)35-15-3-4-17-11-13-31-14-12-17/h5-14,24H,2-4,15-16H2,1H3,(H3,29,30)(H,32,33). The van der Waals surface area contributed by atoms with Crippen LogP contribution in [-0.4, -0.2) is 29.9 Å². The topological polar surface area (TPSA) is 110 Å². The molecule has 0 aliphatic heterocycles. The average molecular weight is 483 g/mol. The van der Waals surface area contributed by atoms with Gasteiger partial charge in [-0.25, -0.2) is 8.78 Å². The zero-order valence-electron chi connectivity index (χ0n) is 19.4. The Morgan fingerprint density at radius 1 is 1.09 bits per heavy atom. The predicted molar refractivity (Wildman–Crippen MR) is 128 cm³/mol. The first-order chi connectivity index (χ1) is 16.9. The number of pyridine rings is 1. The van der Waals surface area contributed by atoms with Gasteiger partial charge in [0.1, 0.15) is 11.7 Å². The van der Waals surface area contributed by atoms with Gasteiger partial charge in [-0.3, -0.25) is 15.2 Å². The molecular formula is C26H28F2N4O3. The SMILES string of the molecule is CCOC(C(=O)NCc1ccc(C(=N)N)cc1)c1c(F)ccc(OCCCc2ccncc2)c1F. The van der Waals surface area contributed by atoms with Gasteiger partial charge in [0.15, 0.2) is 17.7 Å². The smallest absolute Gasteiger partial charge is 0.254 e. The van der Waals surface area contributed by atoms with E-state index in [0.717, 1.165) is 23.6 Å². The Morgan fingerprint density at radius 3 is 2.46 bits per heavy atom. The molecule has 1 amide bonds. The number of hydrogen-bond acceptors (Lipinski definition) is 5. The number of nitrogens with zero attached hydrogens (tertiary/aromatic N) is 1. The summed E-state index contributed by atoms with van der Waals surface area (Å²) in [5, 5.41) is 10.1. The quantitative estimate of drug-likeness (QED) is 0.205. The van der Waals surface area contributed by atoms with Crippen LogP contribution in [0, 0.1) is 17.0 Å². The number of hydrogen-bond donors (Lipinski definition) is 3. The number of ether oxygens (including phenoxy) is 2. The largest absolute Gasteiger partial charge is 0.490 e. The lowest BCUT2D eigenvalue weighted by molar-refractivity contribution is -0.133. The molecule has 0 saturated heterocycles. The molecule has 1 unspecified atom stereocenters. The van der Waals surface area contributed by atoms with E-state index in [1.165, 1.54) is 6.07 Å². The molecule has 184 valence electrons. The summed E-state index contributed by atoms with van der Waals surface area (Å²) in [6, 6.07) is 12.8. The Morgan fingerprint density at radius 2 is 1.80 bits per heavy atom. The maximum atomic E-state index is 15.2. The van der Waals surface area contributed by atoms with Gasteiger partial charge in [-0.05, 0) is 55.2 Å². The summed E-state index contributed by atoms with van der Waals surface area (Å²) in [6.07, 6.45) is 3.24. The Bertz CT molecular complexity index is 1140. The molecule has 1 heterocycles. The molecule has 1 aromatic heterocycles. The summed E-state index contributed by atoms with van der Waals surface area (Å²) in [4.78, 5) is 16.8. The van der Waals surface area contributed by atoms with Crippen molar-refractivity contribution in [2.45, 2.75) is 32.4 Å². The van der Waals surface area contributed by atoms with Gasteiger partial charge in [0, 0.05) is 31.1 Å². The number of nitrogen functional groups attached to an aromatic ring is 1. The number of amidine groups is 1. The van der Waals surface area contributed by atoms with Crippen molar-refractivity contribution in [2.75, 3.05) is 13.2 Å². The fraction of sp³-hybridized carbons (Fsp3) is 0.269. The van der Waals surface area contributed by atoms with Crippen molar-refractivity contribution < 1.29 is 23.0 Å². The molecule has 0 aliphatic carbocycles. The highest BCUT2D eigenvalue weighted by atomic mass is 19.1. The number of aromatic nitrogens is 1. The maximum absolute atomic E-state index is 15.2. The van der Waals surface area contributed by atoms with Crippen LogP contribution in [0.3, 0.4) is 0 Å². The fourth-order valence-corrected chi connectivity index (χ4v) is 3.45. The van der Waals surface area contributed by atoms with Crippen molar-refractivity contribution in [3.8, 4) is 5.75 Å². The minimum Gasteiger partial charge on any atom is -0.490 e. The van der Waals surface area contributed by atoms with Gasteiger partial charge < -0.3 is 20.5 Å². The number of carbonyl (C=O) groups is 1. The molecule has 0 saturated carbocycles. The number of nitrogens with one attached hydrogen (secondary N) is 2. The molecule has 0 spiro atoms. The van der Waals surface area contributed by atoms with E-state index in [1.807, 2.05) is 12.1 Å². The Labute approximate surface area is 202 Å². The zero-order chi connectivity index (χ0) is 25.2. The van der Waals surface area contributed by atoms with Crippen LogP contribution >= 0.6 is 0 Å². The van der Waals surface area contributed by atoms with Crippen molar-refractivity contribution in [1.82, 2.24) is 10.3 Å². The van der Waals surface area contributed by atoms with Gasteiger partial charge in [0.05, 0.1) is 12.2 Å². The van der Waals surface area contributed by atoms with E-state index in [1.54, 1.807) is 43.6 Å². The van der Waals surface area contributed by atoms with Crippen LogP contribution in [0.25, 0.3) is 0 Å². The first-order valence-corrected chi connectivity index (χ1v) is 11.2. The number of carbonyl (C=O) groups excluding carboxylic acids is 1. The number of rotatable bonds is 12. The molecule has 35 heavy (non-hydrogen) atoms. The molecular weight excluding hydrogens is 454 g/mol. The minimum absolute atomic E-state index is 0.0672. The molecule has 0 bridgehead atoms. The molecule has 3 rings (SSSR count). The molecule has 4 N–H and O–H groups in total. The third-order valence-electron chi connectivity index (χ3n) is 5.27. The molecule has 2 aromatic carbocycles. The average Bonchev–Trinajstić information content (AvgIpc) is 2.86. The zero-order valence-corrected chi connectivity index (χ0v) is 19.4. The number of halogens is 2. The molecule has 9 heteroatoms. The minimum atomic E-state index is -1.49. The predicted octanol–water partition coefficient (Wildman–Crippen LogP) is 4.05. The summed E-state index contributed by atoms with van der Waals surface area (Å²) in [7, 11) is 0. The molecule has 1 atom stereocenters. The Hall–Kier alpha value is -3.85. The van der Waals surface area contributed by atoms with E-state index >= 15 is 4.39 Å². The van der Waals surface area contributed by atoms with Crippen molar-refractivity contribution in [2.24, 2.45) is 5.73 Å². The highest BCUT2D eigenvalue weighted by Crippen LogP contribution is 2.30. The molecule has 7 nitrogen and oxygen atoms in total. The highest BCUT2D eigenvalue weighted by Gasteiger charge is 2.29. The van der Waals surface area contributed by atoms with Crippen LogP contribution < -0.4 is 15.8 Å². The Balaban J connectivity index is 1.67. The third kappa shape index (κ3) is 7.07. The number of benzene rings is 2. The highest BCUT2D eigenvalue weighted by molar-refractivity contribution is 5.94. The van der Waals surface area contributed by atoms with E-state index in [0.29, 0.717) is 12.0 Å². The summed E-state index contributed by atoms with van der Waals surface area (Å²) >= 11 is 0. The monoisotopic (exact) mass is 482 g/mol. The van der Waals surface area contributed by atoms with E-state index in [-0.39, 0.29) is 31.3 Å². The lowest BCUT2D eigenvalue weighted by Crippen LogP contribution is -2.31. The van der Waals surface area contributed by atoms with E-state index < -0.39 is 29.2 Å². The van der Waals surface area contributed by atoms with Gasteiger partial charge >= 0.3 is 0 Å². The number of amides is 1. The number of aryl methyl sites for hydroxylation is 1. The first kappa shape index (κ1) is 25.8. The van der Waals surface area contributed by atoms with Crippen molar-refractivity contribution >= 4 is 11.7 Å². The van der Waals surface area contributed by atoms with E-state index in [4.69, 9.17) is 20.6 Å². The van der Waals surface area contributed by atoms with Crippen LogP contribution in [0.2, 0.25) is 0 Å². The van der Waals surface area contributed by atoms with Crippen LogP contribution in [0.1, 0.15) is 41.7 Å². The van der Waals surface area contributed by atoms with E-state index in [9.17, 15) is 9.18 Å². The summed E-state index contributed by atoms with van der Waals surface area (Å²) in [5.41, 5.74) is 7.30. The summed E-state index contributed by atoms with van der Waals surface area (Å²) in [5.74, 6) is -2.76. The van der Waals surface area contributed by atoms with E-state index in [2.05, 4.69) is 10.3 Å². The van der Waals surface area contributed by atoms with Crippen LogP contribution in [0.15, 0.2) is 60.9 Å². The second-order valence-electron chi connectivity index (χ2n) is 7.74. The lowest BCUT2D eigenvalue weighted by Gasteiger charge is -2.20. The van der Waals surface area contributed by atoms with Crippen molar-refractivity contribution in [1.29, 1.82) is 5.41 Å². The molecule has 0 fully saturated rings. The fourth-order valence-electron chi connectivity index (χ4n) is 3.45. The van der Waals surface area contributed by atoms with Gasteiger partial charge in [0.2, 0.25) is 0 Å². The lowest BCUT2D eigenvalue weighted by atomic mass is 10.1. The van der Waals surface area contributed by atoms with Gasteiger partial charge in [-0.2, -0.15) is 0 Å². The number of nitrogens with two attached hydrogens (primary N) is 1.